The third kappa shape index (κ3) is 4.37. The summed E-state index contributed by atoms with van der Waals surface area (Å²) in [5.41, 5.74) is 0.798. The van der Waals surface area contributed by atoms with Crippen LogP contribution >= 0.6 is 11.6 Å². The van der Waals surface area contributed by atoms with Crippen molar-refractivity contribution in [3.05, 3.63) is 35.0 Å². The van der Waals surface area contributed by atoms with E-state index >= 15 is 0 Å². The fourth-order valence-corrected chi connectivity index (χ4v) is 4.72. The molecular weight excluding hydrogens is 374 g/mol. The number of likely N-dealkylation sites (tertiary alicyclic amines) is 2. The fourth-order valence-electron chi connectivity index (χ4n) is 4.54. The summed E-state index contributed by atoms with van der Waals surface area (Å²) < 4.78 is 5.89. The van der Waals surface area contributed by atoms with E-state index in [4.69, 9.17) is 16.0 Å². The smallest absolute Gasteiger partial charge is 0.223 e. The van der Waals surface area contributed by atoms with Crippen LogP contribution < -0.4 is 5.32 Å². The van der Waals surface area contributed by atoms with Crippen molar-refractivity contribution in [2.24, 2.45) is 5.92 Å². The molecule has 2 fully saturated rings. The third-order valence-corrected chi connectivity index (χ3v) is 6.62. The van der Waals surface area contributed by atoms with E-state index in [-0.39, 0.29) is 17.9 Å². The van der Waals surface area contributed by atoms with Crippen LogP contribution in [0.15, 0.2) is 28.7 Å². The van der Waals surface area contributed by atoms with E-state index in [0.29, 0.717) is 11.1 Å². The van der Waals surface area contributed by atoms with Crippen LogP contribution in [0, 0.1) is 5.92 Å². The maximum Gasteiger partial charge on any atom is 0.223 e. The lowest BCUT2D eigenvalue weighted by molar-refractivity contribution is -0.127. The summed E-state index contributed by atoms with van der Waals surface area (Å²) >= 11 is 6.05. The van der Waals surface area contributed by atoms with E-state index < -0.39 is 0 Å². The van der Waals surface area contributed by atoms with E-state index in [1.54, 1.807) is 0 Å². The van der Waals surface area contributed by atoms with Gasteiger partial charge in [-0.15, -0.1) is 0 Å². The molecule has 2 aliphatic rings. The number of fused-ring (bicyclic) bond motifs is 1. The number of hydrogen-bond acceptors (Lipinski definition) is 4. The number of hydrogen-bond donors (Lipinski definition) is 1. The fraction of sp³-hybridized carbons (Fsp3) is 0.591. The first-order chi connectivity index (χ1) is 13.5. The Morgan fingerprint density at radius 2 is 1.86 bits per heavy atom. The maximum atomic E-state index is 12.8. The molecule has 0 bridgehead atoms. The highest BCUT2D eigenvalue weighted by molar-refractivity contribution is 6.31. The molecule has 3 heterocycles. The van der Waals surface area contributed by atoms with E-state index in [1.807, 2.05) is 31.2 Å². The molecular formula is C22H30ClN3O2. The Hall–Kier alpha value is -1.56. The topological polar surface area (TPSA) is 48.7 Å². The number of piperidine rings is 2. The van der Waals surface area contributed by atoms with Gasteiger partial charge in [-0.2, -0.15) is 0 Å². The Labute approximate surface area is 172 Å². The van der Waals surface area contributed by atoms with Gasteiger partial charge in [-0.3, -0.25) is 4.79 Å². The van der Waals surface area contributed by atoms with Crippen LogP contribution in [0.1, 0.15) is 44.4 Å². The SMILES string of the molecule is C[C@H](NC(=O)C1CCN(C2CCN(C)CC2)CC1)c1cc2cc(Cl)ccc2o1. The lowest BCUT2D eigenvalue weighted by Crippen LogP contribution is -2.48. The highest BCUT2D eigenvalue weighted by atomic mass is 35.5. The Bertz CT molecular complexity index is 820. The predicted octanol–water partition coefficient (Wildman–Crippen LogP) is 4.07. The van der Waals surface area contributed by atoms with Gasteiger partial charge in [0, 0.05) is 22.4 Å². The molecule has 0 aliphatic carbocycles. The molecule has 4 rings (SSSR count). The standard InChI is InChI=1S/C22H30ClN3O2/c1-15(21-14-17-13-18(23)3-4-20(17)28-21)24-22(27)16-5-11-26(12-6-16)19-7-9-25(2)10-8-19/h3-4,13-16,19H,5-12H2,1-2H3,(H,24,27)/t15-/m0/s1. The van der Waals surface area contributed by atoms with Crippen molar-refractivity contribution in [2.45, 2.75) is 44.7 Å². The molecule has 6 heteroatoms. The van der Waals surface area contributed by atoms with Gasteiger partial charge >= 0.3 is 0 Å². The number of rotatable bonds is 4. The molecule has 152 valence electrons. The number of nitrogens with one attached hydrogen (secondary N) is 1. The number of nitrogens with zero attached hydrogens (tertiary/aromatic N) is 2. The summed E-state index contributed by atoms with van der Waals surface area (Å²) in [6.07, 6.45) is 4.39. The Balaban J connectivity index is 1.30. The number of halogens is 1. The second kappa shape index (κ2) is 8.44. The molecule has 2 aliphatic heterocycles. The van der Waals surface area contributed by atoms with Crippen molar-refractivity contribution < 1.29 is 9.21 Å². The highest BCUT2D eigenvalue weighted by Crippen LogP contribution is 2.28. The van der Waals surface area contributed by atoms with Gasteiger partial charge in [0.05, 0.1) is 6.04 Å². The Morgan fingerprint density at radius 3 is 2.57 bits per heavy atom. The van der Waals surface area contributed by atoms with Crippen molar-refractivity contribution in [3.63, 3.8) is 0 Å². The van der Waals surface area contributed by atoms with Crippen LogP contribution in [0.3, 0.4) is 0 Å². The molecule has 0 spiro atoms. The first-order valence-corrected chi connectivity index (χ1v) is 10.8. The van der Waals surface area contributed by atoms with E-state index in [0.717, 1.165) is 42.7 Å². The number of benzene rings is 1. The quantitative estimate of drug-likeness (QED) is 0.835. The summed E-state index contributed by atoms with van der Waals surface area (Å²) in [4.78, 5) is 17.8. The summed E-state index contributed by atoms with van der Waals surface area (Å²) in [5.74, 6) is 1.02. The van der Waals surface area contributed by atoms with Crippen LogP contribution in [0.25, 0.3) is 11.0 Å². The van der Waals surface area contributed by atoms with Crippen molar-refractivity contribution in [3.8, 4) is 0 Å². The average Bonchev–Trinajstić information content (AvgIpc) is 3.12. The van der Waals surface area contributed by atoms with Gasteiger partial charge in [-0.1, -0.05) is 11.6 Å². The molecule has 1 aromatic heterocycles. The molecule has 2 aromatic rings. The lowest BCUT2D eigenvalue weighted by atomic mass is 9.92. The molecule has 1 N–H and O–H groups in total. The molecule has 2 saturated heterocycles. The van der Waals surface area contributed by atoms with Crippen LogP contribution in [-0.2, 0) is 4.79 Å². The summed E-state index contributed by atoms with van der Waals surface area (Å²) in [6.45, 7) is 6.41. The number of amides is 1. The van der Waals surface area contributed by atoms with Gasteiger partial charge in [0.15, 0.2) is 0 Å². The van der Waals surface area contributed by atoms with Crippen molar-refractivity contribution >= 4 is 28.5 Å². The van der Waals surface area contributed by atoms with Gasteiger partial charge in [0.2, 0.25) is 5.91 Å². The monoisotopic (exact) mass is 403 g/mol. The molecule has 0 saturated carbocycles. The zero-order valence-corrected chi connectivity index (χ0v) is 17.5. The highest BCUT2D eigenvalue weighted by Gasteiger charge is 2.30. The molecule has 5 nitrogen and oxygen atoms in total. The van der Waals surface area contributed by atoms with Crippen molar-refractivity contribution in [1.29, 1.82) is 0 Å². The summed E-state index contributed by atoms with van der Waals surface area (Å²) in [5, 5.41) is 4.81. The van der Waals surface area contributed by atoms with E-state index in [2.05, 4.69) is 22.2 Å². The minimum absolute atomic E-state index is 0.101. The first kappa shape index (κ1) is 19.7. The minimum atomic E-state index is -0.148. The Morgan fingerprint density at radius 1 is 1.14 bits per heavy atom. The van der Waals surface area contributed by atoms with Crippen molar-refractivity contribution in [2.75, 3.05) is 33.2 Å². The summed E-state index contributed by atoms with van der Waals surface area (Å²) in [6, 6.07) is 8.09. The lowest BCUT2D eigenvalue weighted by Gasteiger charge is -2.40. The molecule has 1 amide bonds. The predicted molar refractivity (Wildman–Crippen MR) is 113 cm³/mol. The number of furan rings is 1. The van der Waals surface area contributed by atoms with Gasteiger partial charge in [-0.05, 0) is 90.1 Å². The maximum absolute atomic E-state index is 12.8. The first-order valence-electron chi connectivity index (χ1n) is 10.4. The van der Waals surface area contributed by atoms with Gasteiger partial charge < -0.3 is 19.5 Å². The van der Waals surface area contributed by atoms with E-state index in [1.165, 1.54) is 25.9 Å². The molecule has 0 radical (unpaired) electrons. The third-order valence-electron chi connectivity index (χ3n) is 6.39. The van der Waals surface area contributed by atoms with Crippen LogP contribution in [0.4, 0.5) is 0 Å². The average molecular weight is 404 g/mol. The molecule has 1 atom stereocenters. The number of carbonyl (C=O) groups is 1. The van der Waals surface area contributed by atoms with Crippen LogP contribution in [-0.4, -0.2) is 55.0 Å². The van der Waals surface area contributed by atoms with Gasteiger partial charge in [0.25, 0.3) is 0 Å². The Kier molecular flexibility index (Phi) is 5.95. The largest absolute Gasteiger partial charge is 0.459 e. The summed E-state index contributed by atoms with van der Waals surface area (Å²) in [7, 11) is 2.20. The van der Waals surface area contributed by atoms with Crippen LogP contribution in [0.5, 0.6) is 0 Å². The van der Waals surface area contributed by atoms with Gasteiger partial charge in [0.1, 0.15) is 11.3 Å². The van der Waals surface area contributed by atoms with Crippen LogP contribution in [0.2, 0.25) is 5.02 Å². The molecule has 28 heavy (non-hydrogen) atoms. The minimum Gasteiger partial charge on any atom is -0.459 e. The van der Waals surface area contributed by atoms with Crippen molar-refractivity contribution in [1.82, 2.24) is 15.1 Å². The zero-order chi connectivity index (χ0) is 19.7. The normalized spacial score (nSPS) is 21.8. The molecule has 1 aromatic carbocycles. The second-order valence-corrected chi connectivity index (χ2v) is 8.84. The molecule has 0 unspecified atom stereocenters. The second-order valence-electron chi connectivity index (χ2n) is 8.41. The number of carbonyl (C=O) groups excluding carboxylic acids is 1. The van der Waals surface area contributed by atoms with E-state index in [9.17, 15) is 4.79 Å². The zero-order valence-electron chi connectivity index (χ0n) is 16.8. The van der Waals surface area contributed by atoms with Gasteiger partial charge in [-0.25, -0.2) is 0 Å².